The Labute approximate surface area is 157 Å². The lowest BCUT2D eigenvalue weighted by Gasteiger charge is -2.11. The maximum Gasteiger partial charge on any atom is 0.343 e. The van der Waals surface area contributed by atoms with Gasteiger partial charge in [0.2, 0.25) is 0 Å². The summed E-state index contributed by atoms with van der Waals surface area (Å²) in [5.74, 6) is 0.146. The predicted octanol–water partition coefficient (Wildman–Crippen LogP) is 4.45. The molecule has 2 rings (SSSR count). The summed E-state index contributed by atoms with van der Waals surface area (Å²) in [6, 6.07) is 8.52. The number of carbonyl (C=O) groups excluding carboxylic acids is 1. The second-order valence-electron chi connectivity index (χ2n) is 4.69. The van der Waals surface area contributed by atoms with E-state index in [1.807, 2.05) is 12.1 Å². The van der Waals surface area contributed by atoms with Gasteiger partial charge >= 0.3 is 5.97 Å². The van der Waals surface area contributed by atoms with E-state index in [0.29, 0.717) is 22.2 Å². The number of esters is 1. The average Bonchev–Trinajstić information content (AvgIpc) is 2.51. The number of hydrogen-bond acceptors (Lipinski definition) is 4. The molecule has 0 aliphatic heterocycles. The van der Waals surface area contributed by atoms with Gasteiger partial charge in [-0.05, 0) is 58.0 Å². The van der Waals surface area contributed by atoms with Gasteiger partial charge in [-0.1, -0.05) is 29.3 Å². The largest absolute Gasteiger partial charge is 0.507 e. The molecule has 2 aromatic carbocycles. The Balaban J connectivity index is 2.19. The van der Waals surface area contributed by atoms with Gasteiger partial charge in [-0.15, -0.1) is 0 Å². The van der Waals surface area contributed by atoms with Crippen LogP contribution in [0.3, 0.4) is 0 Å². The van der Waals surface area contributed by atoms with Gasteiger partial charge in [0, 0.05) is 16.5 Å². The number of rotatable bonds is 5. The highest BCUT2D eigenvalue weighted by Crippen LogP contribution is 2.33. The van der Waals surface area contributed by atoms with Crippen LogP contribution in [-0.4, -0.2) is 24.8 Å². The molecule has 0 aliphatic rings. The van der Waals surface area contributed by atoms with Crippen LogP contribution in [-0.2, 0) is 16.0 Å². The third kappa shape index (κ3) is 4.89. The monoisotopic (exact) mass is 466 g/mol. The van der Waals surface area contributed by atoms with Crippen LogP contribution in [0.15, 0.2) is 30.3 Å². The smallest absolute Gasteiger partial charge is 0.343 e. The van der Waals surface area contributed by atoms with E-state index < -0.39 is 5.97 Å². The summed E-state index contributed by atoms with van der Waals surface area (Å²) in [4.78, 5) is 11.1. The Morgan fingerprint density at radius 3 is 2.43 bits per heavy atom. The number of carbonyl (C=O) groups is 1. The zero-order valence-electron chi connectivity index (χ0n) is 12.1. The van der Waals surface area contributed by atoms with E-state index in [4.69, 9.17) is 27.9 Å². The highest BCUT2D eigenvalue weighted by atomic mass is 127. The minimum absolute atomic E-state index is 0.210. The molecule has 0 aromatic heterocycles. The zero-order chi connectivity index (χ0) is 17.0. The molecule has 0 fully saturated rings. The molecule has 2 aromatic rings. The van der Waals surface area contributed by atoms with E-state index in [1.54, 1.807) is 18.2 Å². The molecule has 0 spiro atoms. The Morgan fingerprint density at radius 1 is 1.22 bits per heavy atom. The van der Waals surface area contributed by atoms with E-state index in [1.165, 1.54) is 7.11 Å². The van der Waals surface area contributed by atoms with Gasteiger partial charge in [0.1, 0.15) is 11.5 Å². The van der Waals surface area contributed by atoms with E-state index in [0.717, 1.165) is 14.7 Å². The zero-order valence-corrected chi connectivity index (χ0v) is 15.8. The summed E-state index contributed by atoms with van der Waals surface area (Å²) < 4.78 is 10.5. The van der Waals surface area contributed by atoms with Crippen LogP contribution in [0.4, 0.5) is 0 Å². The quantitative estimate of drug-likeness (QED) is 0.522. The molecule has 0 saturated carbocycles. The van der Waals surface area contributed by atoms with Crippen LogP contribution in [0.1, 0.15) is 11.1 Å². The van der Waals surface area contributed by atoms with Crippen LogP contribution < -0.4 is 4.74 Å². The van der Waals surface area contributed by atoms with Crippen LogP contribution in [0, 0.1) is 3.57 Å². The molecule has 1 N–H and O–H groups in total. The normalized spacial score (nSPS) is 10.4. The standard InChI is InChI=1S/C16H13Cl2IO4/c1-22-16(21)8-23-10-6-12(17)11(13(18)7-10)4-9-2-3-15(20)14(19)5-9/h2-3,5-7,20H,4,8H2,1H3. The van der Waals surface area contributed by atoms with Crippen LogP contribution in [0.5, 0.6) is 11.5 Å². The third-order valence-electron chi connectivity index (χ3n) is 3.09. The lowest BCUT2D eigenvalue weighted by molar-refractivity contribution is -0.142. The number of ether oxygens (including phenoxy) is 2. The number of hydrogen-bond donors (Lipinski definition) is 1. The van der Waals surface area contributed by atoms with Crippen molar-refractivity contribution in [2.45, 2.75) is 6.42 Å². The van der Waals surface area contributed by atoms with Crippen molar-refractivity contribution in [2.24, 2.45) is 0 Å². The van der Waals surface area contributed by atoms with Gasteiger partial charge in [0.05, 0.1) is 10.7 Å². The highest BCUT2D eigenvalue weighted by molar-refractivity contribution is 14.1. The SMILES string of the molecule is COC(=O)COc1cc(Cl)c(Cc2ccc(O)c(I)c2)c(Cl)c1. The van der Waals surface area contributed by atoms with Gasteiger partial charge < -0.3 is 14.6 Å². The first-order valence-corrected chi connectivity index (χ1v) is 8.39. The minimum atomic E-state index is -0.486. The molecule has 23 heavy (non-hydrogen) atoms. The van der Waals surface area contributed by atoms with Crippen LogP contribution in [0.2, 0.25) is 10.0 Å². The molecule has 0 aliphatic carbocycles. The van der Waals surface area contributed by atoms with Gasteiger partial charge in [0.25, 0.3) is 0 Å². The molecule has 122 valence electrons. The fourth-order valence-corrected chi connectivity index (χ4v) is 3.08. The van der Waals surface area contributed by atoms with Crippen molar-refractivity contribution in [3.8, 4) is 11.5 Å². The molecular weight excluding hydrogens is 454 g/mol. The first kappa shape index (κ1) is 18.2. The fourth-order valence-electron chi connectivity index (χ4n) is 1.90. The Kier molecular flexibility index (Phi) is 6.38. The topological polar surface area (TPSA) is 55.8 Å². The Morgan fingerprint density at radius 2 is 1.87 bits per heavy atom. The van der Waals surface area contributed by atoms with Crippen molar-refractivity contribution in [1.29, 1.82) is 0 Å². The fraction of sp³-hybridized carbons (Fsp3) is 0.188. The van der Waals surface area contributed by atoms with Gasteiger partial charge in [-0.25, -0.2) is 4.79 Å². The lowest BCUT2D eigenvalue weighted by Crippen LogP contribution is -2.12. The van der Waals surface area contributed by atoms with Crippen molar-refractivity contribution in [3.05, 3.63) is 55.1 Å². The summed E-state index contributed by atoms with van der Waals surface area (Å²) in [5.41, 5.74) is 1.72. The predicted molar refractivity (Wildman–Crippen MR) is 97.6 cm³/mol. The molecule has 0 heterocycles. The first-order valence-electron chi connectivity index (χ1n) is 6.55. The van der Waals surface area contributed by atoms with Crippen molar-refractivity contribution in [2.75, 3.05) is 13.7 Å². The second kappa shape index (κ2) is 8.08. The van der Waals surface area contributed by atoms with Gasteiger partial charge in [0.15, 0.2) is 6.61 Å². The third-order valence-corrected chi connectivity index (χ3v) is 4.63. The minimum Gasteiger partial charge on any atom is -0.507 e. The number of benzene rings is 2. The Bertz CT molecular complexity index is 711. The van der Waals surface area contributed by atoms with E-state index >= 15 is 0 Å². The Hall–Kier alpha value is -1.18. The number of halogens is 3. The maximum atomic E-state index is 11.1. The summed E-state index contributed by atoms with van der Waals surface area (Å²) >= 11 is 14.6. The second-order valence-corrected chi connectivity index (χ2v) is 6.67. The molecule has 0 unspecified atom stereocenters. The summed E-state index contributed by atoms with van der Waals surface area (Å²) in [6.45, 7) is -0.210. The van der Waals surface area contributed by atoms with Gasteiger partial charge in [-0.2, -0.15) is 0 Å². The van der Waals surface area contributed by atoms with E-state index in [-0.39, 0.29) is 12.4 Å². The molecule has 0 saturated heterocycles. The van der Waals surface area contributed by atoms with Crippen molar-refractivity contribution in [3.63, 3.8) is 0 Å². The van der Waals surface area contributed by atoms with E-state index in [9.17, 15) is 9.90 Å². The molecule has 7 heteroatoms. The number of methoxy groups -OCH3 is 1. The summed E-state index contributed by atoms with van der Waals surface area (Å²) in [5, 5.41) is 10.5. The molecular formula is C16H13Cl2IO4. The summed E-state index contributed by atoms with van der Waals surface area (Å²) in [6.07, 6.45) is 0.519. The van der Waals surface area contributed by atoms with Crippen molar-refractivity contribution >= 4 is 51.8 Å². The highest BCUT2D eigenvalue weighted by Gasteiger charge is 2.12. The summed E-state index contributed by atoms with van der Waals surface area (Å²) in [7, 11) is 1.29. The number of phenolic OH excluding ortho intramolecular Hbond substituents is 1. The molecule has 0 radical (unpaired) electrons. The van der Waals surface area contributed by atoms with Crippen LogP contribution >= 0.6 is 45.8 Å². The average molecular weight is 467 g/mol. The van der Waals surface area contributed by atoms with Gasteiger partial charge in [-0.3, -0.25) is 0 Å². The van der Waals surface area contributed by atoms with Crippen molar-refractivity contribution in [1.82, 2.24) is 0 Å². The van der Waals surface area contributed by atoms with Crippen molar-refractivity contribution < 1.29 is 19.4 Å². The lowest BCUT2D eigenvalue weighted by atomic mass is 10.0. The number of aromatic hydroxyl groups is 1. The maximum absolute atomic E-state index is 11.1. The molecule has 0 amide bonds. The molecule has 0 atom stereocenters. The first-order chi connectivity index (χ1) is 10.9. The number of phenols is 1. The molecule has 4 nitrogen and oxygen atoms in total. The molecule has 0 bridgehead atoms. The van der Waals surface area contributed by atoms with E-state index in [2.05, 4.69) is 27.3 Å². The van der Waals surface area contributed by atoms with Crippen LogP contribution in [0.25, 0.3) is 0 Å².